The van der Waals surface area contributed by atoms with E-state index in [1.807, 2.05) is 0 Å². The quantitative estimate of drug-likeness (QED) is 0.165. The summed E-state index contributed by atoms with van der Waals surface area (Å²) in [7, 11) is 0. The number of fused-ring (bicyclic) bond motifs is 12. The molecular weight excluding hydrogens is 777 g/mol. The average molecular weight is 826 g/mol. The highest BCUT2D eigenvalue weighted by Gasteiger charge is 2.47. The van der Waals surface area contributed by atoms with Gasteiger partial charge in [-0.2, -0.15) is 0 Å². The number of rotatable bonds is 4. The van der Waals surface area contributed by atoms with Gasteiger partial charge < -0.3 is 18.8 Å². The number of hydrogen-bond donors (Lipinski definition) is 0. The topological polar surface area (TPSA) is 24.6 Å². The van der Waals surface area contributed by atoms with E-state index in [4.69, 9.17) is 4.42 Å². The third kappa shape index (κ3) is 4.90. The Kier molecular flexibility index (Phi) is 7.54. The molecule has 0 saturated heterocycles. The molecule has 4 nitrogen and oxygen atoms in total. The largest absolute Gasteiger partial charge is 0.456 e. The van der Waals surface area contributed by atoms with Gasteiger partial charge in [0.1, 0.15) is 11.2 Å². The molecule has 0 bridgehead atoms. The average Bonchev–Trinajstić information content (AvgIpc) is 3.93. The summed E-state index contributed by atoms with van der Waals surface area (Å²) in [6, 6.07) is 61.1. The Balaban J connectivity index is 1.19. The lowest BCUT2D eigenvalue weighted by molar-refractivity contribution is 0.590. The molecule has 8 aromatic carbocycles. The number of furan rings is 1. The molecule has 2 aliphatic heterocycles. The molecule has 64 heavy (non-hydrogen) atoms. The maximum atomic E-state index is 6.66. The van der Waals surface area contributed by atoms with Gasteiger partial charge in [0.25, 0.3) is 6.71 Å². The van der Waals surface area contributed by atoms with Crippen molar-refractivity contribution in [3.05, 3.63) is 192 Å². The first-order valence-corrected chi connectivity index (χ1v) is 22.7. The Labute approximate surface area is 375 Å². The van der Waals surface area contributed by atoms with Crippen molar-refractivity contribution in [2.75, 3.05) is 9.80 Å². The fraction of sp³-hybridized carbons (Fsp3) is 0.153. The molecular formula is C59H48BN3O. The molecule has 0 saturated carbocycles. The van der Waals surface area contributed by atoms with Gasteiger partial charge in [0, 0.05) is 61.4 Å². The first-order valence-electron chi connectivity index (χ1n) is 22.7. The summed E-state index contributed by atoms with van der Waals surface area (Å²) in [6.45, 7) is 16.3. The van der Waals surface area contributed by atoms with Gasteiger partial charge in [-0.15, -0.1) is 0 Å². The number of benzene rings is 8. The number of aromatic nitrogens is 1. The van der Waals surface area contributed by atoms with Crippen LogP contribution in [-0.4, -0.2) is 11.3 Å². The first-order chi connectivity index (χ1) is 31.0. The molecule has 0 unspecified atom stereocenters. The monoisotopic (exact) mass is 825 g/mol. The predicted molar refractivity (Wildman–Crippen MR) is 270 cm³/mol. The van der Waals surface area contributed by atoms with E-state index >= 15 is 0 Å². The summed E-state index contributed by atoms with van der Waals surface area (Å²) in [5.41, 5.74) is 24.2. The Morgan fingerprint density at radius 3 is 2.00 bits per heavy atom. The molecule has 0 radical (unpaired) electrons. The second-order valence-corrected chi connectivity index (χ2v) is 19.8. The van der Waals surface area contributed by atoms with Gasteiger partial charge in [0.05, 0.1) is 16.8 Å². The lowest BCUT2D eigenvalue weighted by Crippen LogP contribution is -2.60. The van der Waals surface area contributed by atoms with Gasteiger partial charge in [0.2, 0.25) is 0 Å². The fourth-order valence-electron chi connectivity index (χ4n) is 11.8. The first kappa shape index (κ1) is 37.3. The molecule has 5 heteroatoms. The van der Waals surface area contributed by atoms with Gasteiger partial charge in [0.15, 0.2) is 0 Å². The van der Waals surface area contributed by atoms with E-state index in [9.17, 15) is 0 Å². The molecule has 0 spiro atoms. The minimum atomic E-state index is -0.163. The number of nitrogens with zero attached hydrogens (tertiary/aromatic N) is 3. The number of hydrogen-bond acceptors (Lipinski definition) is 3. The summed E-state index contributed by atoms with van der Waals surface area (Å²) >= 11 is 0. The fourth-order valence-corrected chi connectivity index (χ4v) is 11.8. The van der Waals surface area contributed by atoms with Crippen molar-refractivity contribution in [3.8, 4) is 16.9 Å². The van der Waals surface area contributed by atoms with E-state index in [-0.39, 0.29) is 17.5 Å². The lowest BCUT2D eigenvalue weighted by atomic mass is 9.33. The van der Waals surface area contributed by atoms with E-state index in [0.29, 0.717) is 0 Å². The third-order valence-electron chi connectivity index (χ3n) is 14.7. The number of aryl methyl sites for hydroxylation is 2. The zero-order chi connectivity index (χ0) is 43.4. The van der Waals surface area contributed by atoms with Crippen LogP contribution in [0.15, 0.2) is 168 Å². The minimum absolute atomic E-state index is 0.00503. The Hall–Kier alpha value is -7.24. The predicted octanol–water partition coefficient (Wildman–Crippen LogP) is 13.8. The lowest BCUT2D eigenvalue weighted by Gasteiger charge is -2.42. The van der Waals surface area contributed by atoms with Crippen LogP contribution < -0.4 is 26.2 Å². The van der Waals surface area contributed by atoms with Crippen molar-refractivity contribution < 1.29 is 4.42 Å². The summed E-state index contributed by atoms with van der Waals surface area (Å²) < 4.78 is 9.33. The standard InChI is InChI=1S/C59H48BN3O/c1-35-18-8-13-25-45(35)61(46-26-14-9-19-36(46)2)38-30-31-43-48(34-38)62(47-27-17-29-52-53(47)40-21-11-15-28-51(40)64-52)49-32-37(58(3,4)5)33-50-55(49)60(43)44-24-16-22-41-54-57(63(50)56(41)44)39-20-10-12-23-42(39)59(54,6)7/h8-34H,1-7H3. The van der Waals surface area contributed by atoms with E-state index in [1.54, 1.807) is 0 Å². The second-order valence-electron chi connectivity index (χ2n) is 19.8. The highest BCUT2D eigenvalue weighted by atomic mass is 16.3. The van der Waals surface area contributed by atoms with Crippen molar-refractivity contribution in [1.29, 1.82) is 0 Å². The van der Waals surface area contributed by atoms with Crippen LogP contribution in [0, 0.1) is 13.8 Å². The van der Waals surface area contributed by atoms with Crippen molar-refractivity contribution in [2.24, 2.45) is 0 Å². The van der Waals surface area contributed by atoms with E-state index in [1.165, 1.54) is 83.4 Å². The Morgan fingerprint density at radius 2 is 1.23 bits per heavy atom. The van der Waals surface area contributed by atoms with Crippen molar-refractivity contribution >= 4 is 90.1 Å². The molecule has 308 valence electrons. The zero-order valence-corrected chi connectivity index (χ0v) is 37.4. The van der Waals surface area contributed by atoms with E-state index < -0.39 is 0 Å². The van der Waals surface area contributed by atoms with Crippen LogP contribution in [0.5, 0.6) is 0 Å². The summed E-state index contributed by atoms with van der Waals surface area (Å²) in [5.74, 6) is 0. The molecule has 0 atom stereocenters. The molecule has 2 aromatic heterocycles. The smallest absolute Gasteiger partial charge is 0.252 e. The van der Waals surface area contributed by atoms with Crippen LogP contribution in [-0.2, 0) is 10.8 Å². The van der Waals surface area contributed by atoms with Crippen molar-refractivity contribution in [3.63, 3.8) is 0 Å². The van der Waals surface area contributed by atoms with E-state index in [2.05, 4.69) is 227 Å². The maximum Gasteiger partial charge on any atom is 0.252 e. The molecule has 0 N–H and O–H groups in total. The zero-order valence-electron chi connectivity index (χ0n) is 37.4. The van der Waals surface area contributed by atoms with Crippen LogP contribution in [0.25, 0.3) is 49.8 Å². The molecule has 4 heterocycles. The SMILES string of the molecule is Cc1ccccc1N(c1ccc2c(c1)N(c1cccc3oc4ccccc4c13)c1cc(C(C)(C)C)cc3c1B2c1cccc2c4c(n-3c12)-c1ccccc1C4(C)C)c1ccccc1C. The Bertz CT molecular complexity index is 3590. The normalized spacial score (nSPS) is 14.2. The molecule has 3 aliphatic rings. The Morgan fingerprint density at radius 1 is 0.578 bits per heavy atom. The van der Waals surface area contributed by atoms with Gasteiger partial charge in [-0.25, -0.2) is 0 Å². The number of para-hydroxylation sites is 4. The van der Waals surface area contributed by atoms with Gasteiger partial charge >= 0.3 is 0 Å². The highest BCUT2D eigenvalue weighted by molar-refractivity contribution is 7.00. The summed E-state index contributed by atoms with van der Waals surface area (Å²) in [5, 5.41) is 3.58. The molecule has 0 fully saturated rings. The van der Waals surface area contributed by atoms with Crippen LogP contribution in [0.1, 0.15) is 62.4 Å². The van der Waals surface area contributed by atoms with E-state index in [0.717, 1.165) is 44.7 Å². The third-order valence-corrected chi connectivity index (χ3v) is 14.7. The number of anilines is 6. The minimum Gasteiger partial charge on any atom is -0.456 e. The van der Waals surface area contributed by atoms with Gasteiger partial charge in [-0.1, -0.05) is 144 Å². The van der Waals surface area contributed by atoms with Gasteiger partial charge in [-0.05, 0) is 118 Å². The molecule has 0 amide bonds. The maximum absolute atomic E-state index is 6.66. The summed E-state index contributed by atoms with van der Waals surface area (Å²) in [6.07, 6.45) is 0. The van der Waals surface area contributed by atoms with Crippen LogP contribution >= 0.6 is 0 Å². The molecule has 13 rings (SSSR count). The van der Waals surface area contributed by atoms with Crippen LogP contribution in [0.2, 0.25) is 0 Å². The van der Waals surface area contributed by atoms with Crippen LogP contribution in [0.4, 0.5) is 34.1 Å². The van der Waals surface area contributed by atoms with Crippen LogP contribution in [0.3, 0.4) is 0 Å². The molecule has 10 aromatic rings. The van der Waals surface area contributed by atoms with Crippen molar-refractivity contribution in [2.45, 2.75) is 59.3 Å². The second kappa shape index (κ2) is 12.9. The summed E-state index contributed by atoms with van der Waals surface area (Å²) in [4.78, 5) is 5.05. The van der Waals surface area contributed by atoms with Gasteiger partial charge in [-0.3, -0.25) is 0 Å². The molecule has 1 aliphatic carbocycles. The van der Waals surface area contributed by atoms with Crippen molar-refractivity contribution in [1.82, 2.24) is 4.57 Å². The highest BCUT2D eigenvalue weighted by Crippen LogP contribution is 2.55.